The van der Waals surface area contributed by atoms with E-state index in [-0.39, 0.29) is 12.5 Å². The van der Waals surface area contributed by atoms with Gasteiger partial charge in [0.1, 0.15) is 12.6 Å². The van der Waals surface area contributed by atoms with Crippen molar-refractivity contribution in [3.05, 3.63) is 72.3 Å². The second kappa shape index (κ2) is 8.43. The van der Waals surface area contributed by atoms with Gasteiger partial charge in [0.05, 0.1) is 32.6 Å². The van der Waals surface area contributed by atoms with Gasteiger partial charge in [-0.25, -0.2) is 9.59 Å². The van der Waals surface area contributed by atoms with Crippen molar-refractivity contribution in [3.8, 4) is 11.1 Å². The number of ether oxygens (including phenoxy) is 1. The second-order valence-electron chi connectivity index (χ2n) is 9.60. The number of quaternary nitrogens is 1. The minimum absolute atomic E-state index is 0.0740. The van der Waals surface area contributed by atoms with Crippen LogP contribution in [0.5, 0.6) is 0 Å². The van der Waals surface area contributed by atoms with Gasteiger partial charge in [0, 0.05) is 5.92 Å². The van der Waals surface area contributed by atoms with E-state index in [9.17, 15) is 14.7 Å². The van der Waals surface area contributed by atoms with Crippen LogP contribution >= 0.6 is 0 Å². The highest BCUT2D eigenvalue weighted by atomic mass is 16.5. The molecule has 1 fully saturated rings. The number of rotatable bonds is 6. The van der Waals surface area contributed by atoms with Crippen LogP contribution in [0.15, 0.2) is 61.2 Å². The molecule has 0 unspecified atom stereocenters. The highest BCUT2D eigenvalue weighted by molar-refractivity contribution is 5.82. The van der Waals surface area contributed by atoms with Crippen LogP contribution in [0.3, 0.4) is 0 Å². The number of nitrogens with zero attached hydrogens (tertiary/aromatic N) is 1. The van der Waals surface area contributed by atoms with E-state index >= 15 is 0 Å². The molecule has 0 aromatic heterocycles. The molecular weight excluding hydrogens is 404 g/mol. The van der Waals surface area contributed by atoms with Gasteiger partial charge < -0.3 is 19.6 Å². The molecule has 1 saturated heterocycles. The zero-order valence-corrected chi connectivity index (χ0v) is 18.7. The first-order chi connectivity index (χ1) is 15.3. The summed E-state index contributed by atoms with van der Waals surface area (Å²) in [6.07, 6.45) is 2.53. The van der Waals surface area contributed by atoms with E-state index in [0.29, 0.717) is 17.4 Å². The Morgan fingerprint density at radius 3 is 2.31 bits per heavy atom. The maximum atomic E-state index is 12.8. The van der Waals surface area contributed by atoms with Crippen LogP contribution in [0, 0.1) is 5.41 Å². The number of nitrogens with one attached hydrogen (secondary N) is 1. The number of hydrogen-bond donors (Lipinski definition) is 2. The first-order valence-electron chi connectivity index (χ1n) is 11.1. The number of piperidine rings is 1. The van der Waals surface area contributed by atoms with Gasteiger partial charge in [-0.1, -0.05) is 54.6 Å². The predicted octanol–water partition coefficient (Wildman–Crippen LogP) is 4.02. The number of benzene rings is 2. The number of fused-ring (bicyclic) bond motifs is 3. The molecule has 32 heavy (non-hydrogen) atoms. The topological polar surface area (TPSA) is 75.6 Å². The summed E-state index contributed by atoms with van der Waals surface area (Å²) in [6.45, 7) is 5.63. The molecule has 0 spiro atoms. The van der Waals surface area contributed by atoms with E-state index in [1.807, 2.05) is 24.3 Å². The maximum Gasteiger partial charge on any atom is 0.407 e. The lowest BCUT2D eigenvalue weighted by Gasteiger charge is -2.46. The molecule has 0 radical (unpaired) electrons. The number of likely N-dealkylation sites (tertiary alicyclic amines) is 1. The summed E-state index contributed by atoms with van der Waals surface area (Å²) < 4.78 is 6.28. The van der Waals surface area contributed by atoms with Crippen molar-refractivity contribution in [1.82, 2.24) is 5.32 Å². The average molecular weight is 436 g/mol. The fourth-order valence-corrected chi connectivity index (χ4v) is 5.52. The molecule has 1 aliphatic heterocycles. The van der Waals surface area contributed by atoms with Crippen molar-refractivity contribution in [2.75, 3.05) is 33.8 Å². The molecule has 6 nitrogen and oxygen atoms in total. The molecule has 4 rings (SSSR count). The monoisotopic (exact) mass is 435 g/mol. The Balaban J connectivity index is 1.50. The van der Waals surface area contributed by atoms with Crippen molar-refractivity contribution in [3.63, 3.8) is 0 Å². The number of hydrogen-bond acceptors (Lipinski definition) is 3. The van der Waals surface area contributed by atoms with Crippen LogP contribution in [0.25, 0.3) is 11.1 Å². The lowest BCUT2D eigenvalue weighted by Crippen LogP contribution is -2.62. The summed E-state index contributed by atoms with van der Waals surface area (Å²) in [5.74, 6) is -1.14. The van der Waals surface area contributed by atoms with Crippen molar-refractivity contribution in [1.29, 1.82) is 0 Å². The molecule has 6 heteroatoms. The first-order valence-corrected chi connectivity index (χ1v) is 11.1. The van der Waals surface area contributed by atoms with Gasteiger partial charge >= 0.3 is 12.1 Å². The van der Waals surface area contributed by atoms with E-state index in [4.69, 9.17) is 4.74 Å². The lowest BCUT2D eigenvalue weighted by molar-refractivity contribution is -0.901. The molecule has 2 aliphatic rings. The maximum absolute atomic E-state index is 12.8. The minimum atomic E-state index is -1.09. The highest BCUT2D eigenvalue weighted by Crippen LogP contribution is 2.44. The average Bonchev–Trinajstić information content (AvgIpc) is 3.09. The van der Waals surface area contributed by atoms with E-state index in [2.05, 4.69) is 50.3 Å². The molecule has 2 atom stereocenters. The quantitative estimate of drug-likeness (QED) is 0.531. The van der Waals surface area contributed by atoms with Gasteiger partial charge in [-0.15, -0.1) is 6.58 Å². The van der Waals surface area contributed by atoms with Gasteiger partial charge in [-0.2, -0.15) is 0 Å². The number of carboxylic acid groups (broad SMARTS) is 1. The molecule has 2 N–H and O–H groups in total. The van der Waals surface area contributed by atoms with Crippen LogP contribution in [-0.4, -0.2) is 61.5 Å². The summed E-state index contributed by atoms with van der Waals surface area (Å²) in [4.78, 5) is 24.9. The Morgan fingerprint density at radius 2 is 1.78 bits per heavy atom. The SMILES string of the molecule is C=C[C@]1([C@@H](NC(=O)OCC2c3ccccc3-c3ccccc32)C(=O)O)CCC[N+](C)(C)C1. The van der Waals surface area contributed by atoms with Gasteiger partial charge in [0.15, 0.2) is 0 Å². The summed E-state index contributed by atoms with van der Waals surface area (Å²) in [5.41, 5.74) is 3.80. The van der Waals surface area contributed by atoms with Crippen molar-refractivity contribution < 1.29 is 23.9 Å². The third-order valence-electron chi connectivity index (χ3n) is 6.96. The summed E-state index contributed by atoms with van der Waals surface area (Å²) in [5, 5.41) is 12.6. The fraction of sp³-hybridized carbons (Fsp3) is 0.385. The third-order valence-corrected chi connectivity index (χ3v) is 6.96. The van der Waals surface area contributed by atoms with Crippen molar-refractivity contribution in [2.24, 2.45) is 5.41 Å². The molecule has 1 aliphatic carbocycles. The van der Waals surface area contributed by atoms with E-state index < -0.39 is 23.5 Å². The fourth-order valence-electron chi connectivity index (χ4n) is 5.52. The van der Waals surface area contributed by atoms with Gasteiger partial charge in [-0.3, -0.25) is 0 Å². The largest absolute Gasteiger partial charge is 0.480 e. The molecule has 2 aromatic rings. The standard InChI is InChI=1S/C26H30N2O4/c1-4-26(14-9-15-28(2,3)17-26)23(24(29)30)27-25(31)32-16-22-20-12-7-5-10-18(20)19-11-6-8-13-21(19)22/h4-8,10-13,22-23H,1,9,14-17H2,2-3H3,(H-,27,29,30,31)/p+1/t23-,26-/m0/s1. The molecule has 0 saturated carbocycles. The number of carbonyl (C=O) groups excluding carboxylic acids is 1. The highest BCUT2D eigenvalue weighted by Gasteiger charge is 2.49. The number of alkyl carbamates (subject to hydrolysis) is 1. The zero-order chi connectivity index (χ0) is 22.9. The Kier molecular flexibility index (Phi) is 5.82. The number of carboxylic acids is 1. The van der Waals surface area contributed by atoms with Gasteiger partial charge in [0.2, 0.25) is 0 Å². The van der Waals surface area contributed by atoms with Crippen molar-refractivity contribution >= 4 is 12.1 Å². The Labute approximate surface area is 189 Å². The van der Waals surface area contributed by atoms with Gasteiger partial charge in [0.25, 0.3) is 0 Å². The second-order valence-corrected chi connectivity index (χ2v) is 9.60. The Hall–Kier alpha value is -3.12. The van der Waals surface area contributed by atoms with E-state index in [1.165, 1.54) is 0 Å². The molecule has 168 valence electrons. The zero-order valence-electron chi connectivity index (χ0n) is 18.7. The lowest BCUT2D eigenvalue weighted by atomic mass is 9.73. The van der Waals surface area contributed by atoms with Crippen LogP contribution < -0.4 is 5.32 Å². The predicted molar refractivity (Wildman–Crippen MR) is 123 cm³/mol. The summed E-state index contributed by atoms with van der Waals surface area (Å²) >= 11 is 0. The summed E-state index contributed by atoms with van der Waals surface area (Å²) in [7, 11) is 4.15. The Morgan fingerprint density at radius 1 is 1.19 bits per heavy atom. The molecular formula is C26H31N2O4+. The third kappa shape index (κ3) is 4.02. The van der Waals surface area contributed by atoms with E-state index in [1.54, 1.807) is 6.08 Å². The number of carbonyl (C=O) groups is 2. The van der Waals surface area contributed by atoms with Crippen molar-refractivity contribution in [2.45, 2.75) is 24.8 Å². The van der Waals surface area contributed by atoms with Crippen LogP contribution in [-0.2, 0) is 9.53 Å². The van der Waals surface area contributed by atoms with Gasteiger partial charge in [-0.05, 0) is 35.1 Å². The Bertz CT molecular complexity index is 1000. The molecule has 2 aromatic carbocycles. The van der Waals surface area contributed by atoms with E-state index in [0.717, 1.165) is 35.2 Å². The molecule has 1 amide bonds. The molecule has 1 heterocycles. The number of amides is 1. The summed E-state index contributed by atoms with van der Waals surface area (Å²) in [6, 6.07) is 15.1. The van der Waals surface area contributed by atoms with Crippen LogP contribution in [0.4, 0.5) is 4.79 Å². The van der Waals surface area contributed by atoms with Crippen LogP contribution in [0.2, 0.25) is 0 Å². The van der Waals surface area contributed by atoms with Crippen LogP contribution in [0.1, 0.15) is 29.9 Å². The normalized spacial score (nSPS) is 22.3. The smallest absolute Gasteiger partial charge is 0.407 e. The minimum Gasteiger partial charge on any atom is -0.480 e. The number of aliphatic carboxylic acids is 1. The molecule has 0 bridgehead atoms. The first kappa shape index (κ1) is 22.1.